The van der Waals surface area contributed by atoms with Crippen molar-refractivity contribution in [2.24, 2.45) is 0 Å². The maximum absolute atomic E-state index is 12.6. The molecule has 0 aliphatic carbocycles. The predicted octanol–water partition coefficient (Wildman–Crippen LogP) is 2.74. The van der Waals surface area contributed by atoms with Crippen molar-refractivity contribution >= 4 is 15.9 Å². The van der Waals surface area contributed by atoms with Gasteiger partial charge in [0.2, 0.25) is 0 Å². The minimum atomic E-state index is -0.213. The molecule has 0 heterocycles. The highest BCUT2D eigenvalue weighted by atomic mass is 79.9. The van der Waals surface area contributed by atoms with E-state index in [1.165, 1.54) is 12.1 Å². The Balaban J connectivity index is 2.41. The Kier molecular flexibility index (Phi) is 4.25. The van der Waals surface area contributed by atoms with E-state index in [-0.39, 0.29) is 5.82 Å². The zero-order valence-electron chi connectivity index (χ0n) is 6.59. The van der Waals surface area contributed by atoms with Crippen LogP contribution >= 0.6 is 15.9 Å². The number of halogens is 2. The highest BCUT2D eigenvalue weighted by Crippen LogP contribution is 2.04. The smallest absolute Gasteiger partial charge is 0.123 e. The molecule has 0 aliphatic rings. The Morgan fingerprint density at radius 3 is 2.92 bits per heavy atom. The van der Waals surface area contributed by atoms with Crippen LogP contribution in [0.15, 0.2) is 24.3 Å². The summed E-state index contributed by atoms with van der Waals surface area (Å²) in [5, 5.41) is 0.808. The summed E-state index contributed by atoms with van der Waals surface area (Å²) in [6, 6.07) is 6.43. The number of hydrogen-bond acceptors (Lipinski definition) is 1. The highest BCUT2D eigenvalue weighted by Gasteiger charge is 1.94. The summed E-state index contributed by atoms with van der Waals surface area (Å²) in [4.78, 5) is 0. The molecule has 0 bridgehead atoms. The highest BCUT2D eigenvalue weighted by molar-refractivity contribution is 9.09. The van der Waals surface area contributed by atoms with Crippen LogP contribution in [-0.2, 0) is 11.3 Å². The third-order valence-electron chi connectivity index (χ3n) is 1.38. The van der Waals surface area contributed by atoms with Crippen molar-refractivity contribution in [1.29, 1.82) is 0 Å². The third-order valence-corrected chi connectivity index (χ3v) is 1.70. The van der Waals surface area contributed by atoms with Crippen molar-refractivity contribution in [2.45, 2.75) is 6.61 Å². The van der Waals surface area contributed by atoms with Gasteiger partial charge in [0.25, 0.3) is 0 Å². The van der Waals surface area contributed by atoms with E-state index < -0.39 is 0 Å². The Bertz CT molecular complexity index is 240. The molecule has 1 rings (SSSR count). The van der Waals surface area contributed by atoms with Crippen LogP contribution in [0.4, 0.5) is 4.39 Å². The first kappa shape index (κ1) is 9.68. The van der Waals surface area contributed by atoms with Gasteiger partial charge in [-0.3, -0.25) is 0 Å². The molecular formula is C9H10BrFO. The molecule has 1 aromatic carbocycles. The van der Waals surface area contributed by atoms with Gasteiger partial charge in [0.15, 0.2) is 0 Å². The first-order chi connectivity index (χ1) is 5.83. The summed E-state index contributed by atoms with van der Waals surface area (Å²) in [6.45, 7) is 1.12. The summed E-state index contributed by atoms with van der Waals surface area (Å²) in [7, 11) is 0. The fourth-order valence-electron chi connectivity index (χ4n) is 0.871. The second kappa shape index (κ2) is 5.27. The molecule has 0 amide bonds. The Morgan fingerprint density at radius 2 is 2.25 bits per heavy atom. The molecule has 0 aromatic heterocycles. The molecule has 0 unspecified atom stereocenters. The van der Waals surface area contributed by atoms with E-state index in [1.807, 2.05) is 6.07 Å². The quantitative estimate of drug-likeness (QED) is 0.573. The molecule has 3 heteroatoms. The first-order valence-electron chi connectivity index (χ1n) is 3.71. The lowest BCUT2D eigenvalue weighted by atomic mass is 10.2. The zero-order valence-corrected chi connectivity index (χ0v) is 8.18. The van der Waals surface area contributed by atoms with Crippen molar-refractivity contribution in [1.82, 2.24) is 0 Å². The van der Waals surface area contributed by atoms with E-state index in [1.54, 1.807) is 6.07 Å². The number of alkyl halides is 1. The summed E-state index contributed by atoms with van der Waals surface area (Å²) in [6.07, 6.45) is 0. The van der Waals surface area contributed by atoms with Gasteiger partial charge in [0.1, 0.15) is 5.82 Å². The topological polar surface area (TPSA) is 9.23 Å². The lowest BCUT2D eigenvalue weighted by Crippen LogP contribution is -1.95. The molecule has 0 saturated carbocycles. The van der Waals surface area contributed by atoms with Crippen LogP contribution in [0.3, 0.4) is 0 Å². The van der Waals surface area contributed by atoms with E-state index in [0.29, 0.717) is 13.2 Å². The van der Waals surface area contributed by atoms with Crippen molar-refractivity contribution in [3.8, 4) is 0 Å². The van der Waals surface area contributed by atoms with Gasteiger partial charge in [-0.15, -0.1) is 0 Å². The van der Waals surface area contributed by atoms with Gasteiger partial charge in [-0.25, -0.2) is 4.39 Å². The first-order valence-corrected chi connectivity index (χ1v) is 4.83. The van der Waals surface area contributed by atoms with Crippen molar-refractivity contribution in [3.05, 3.63) is 35.6 Å². The van der Waals surface area contributed by atoms with Crippen molar-refractivity contribution < 1.29 is 9.13 Å². The SMILES string of the molecule is Fc1cccc(COCCBr)c1. The molecule has 0 atom stereocenters. The molecule has 0 aliphatic heterocycles. The van der Waals surface area contributed by atoms with Gasteiger partial charge in [-0.05, 0) is 17.7 Å². The third kappa shape index (κ3) is 3.32. The van der Waals surface area contributed by atoms with Crippen LogP contribution in [-0.4, -0.2) is 11.9 Å². The van der Waals surface area contributed by atoms with Gasteiger partial charge >= 0.3 is 0 Å². The number of rotatable bonds is 4. The van der Waals surface area contributed by atoms with Gasteiger partial charge in [-0.2, -0.15) is 0 Å². The zero-order chi connectivity index (χ0) is 8.81. The van der Waals surface area contributed by atoms with Crippen LogP contribution in [0, 0.1) is 5.82 Å². The molecule has 1 nitrogen and oxygen atoms in total. The second-order valence-electron chi connectivity index (χ2n) is 2.37. The standard InChI is InChI=1S/C9H10BrFO/c10-4-5-12-7-8-2-1-3-9(11)6-8/h1-3,6H,4-5,7H2. The van der Waals surface area contributed by atoms with E-state index >= 15 is 0 Å². The minimum absolute atomic E-state index is 0.213. The van der Waals surface area contributed by atoms with Gasteiger partial charge < -0.3 is 4.74 Å². The summed E-state index contributed by atoms with van der Waals surface area (Å²) in [5.41, 5.74) is 0.871. The molecule has 0 spiro atoms. The maximum atomic E-state index is 12.6. The van der Waals surface area contributed by atoms with Crippen LogP contribution in [0.1, 0.15) is 5.56 Å². The largest absolute Gasteiger partial charge is 0.376 e. The van der Waals surface area contributed by atoms with E-state index in [0.717, 1.165) is 10.9 Å². The Hall–Kier alpha value is -0.410. The summed E-state index contributed by atoms with van der Waals surface area (Å²) < 4.78 is 17.8. The van der Waals surface area contributed by atoms with E-state index in [2.05, 4.69) is 15.9 Å². The lowest BCUT2D eigenvalue weighted by Gasteiger charge is -2.01. The minimum Gasteiger partial charge on any atom is -0.376 e. The van der Waals surface area contributed by atoms with Crippen LogP contribution in [0.25, 0.3) is 0 Å². The van der Waals surface area contributed by atoms with Crippen molar-refractivity contribution in [2.75, 3.05) is 11.9 Å². The Morgan fingerprint density at radius 1 is 1.42 bits per heavy atom. The van der Waals surface area contributed by atoms with Gasteiger partial charge in [-0.1, -0.05) is 28.1 Å². The van der Waals surface area contributed by atoms with E-state index in [4.69, 9.17) is 4.74 Å². The average Bonchev–Trinajstić information content (AvgIpc) is 2.05. The van der Waals surface area contributed by atoms with E-state index in [9.17, 15) is 4.39 Å². The molecule has 0 N–H and O–H groups in total. The number of hydrogen-bond donors (Lipinski definition) is 0. The second-order valence-corrected chi connectivity index (χ2v) is 3.16. The molecule has 1 aromatic rings. The fraction of sp³-hybridized carbons (Fsp3) is 0.333. The van der Waals surface area contributed by atoms with Gasteiger partial charge in [0, 0.05) is 5.33 Å². The molecule has 0 saturated heterocycles. The monoisotopic (exact) mass is 232 g/mol. The number of benzene rings is 1. The van der Waals surface area contributed by atoms with Crippen LogP contribution < -0.4 is 0 Å². The predicted molar refractivity (Wildman–Crippen MR) is 49.9 cm³/mol. The van der Waals surface area contributed by atoms with Crippen LogP contribution in [0.5, 0.6) is 0 Å². The summed E-state index contributed by atoms with van der Waals surface area (Å²) >= 11 is 3.24. The number of ether oxygens (including phenoxy) is 1. The Labute approximate surface area is 79.7 Å². The van der Waals surface area contributed by atoms with Crippen LogP contribution in [0.2, 0.25) is 0 Å². The normalized spacial score (nSPS) is 10.2. The average molecular weight is 233 g/mol. The maximum Gasteiger partial charge on any atom is 0.123 e. The lowest BCUT2D eigenvalue weighted by molar-refractivity contribution is 0.137. The molecule has 0 fully saturated rings. The molecule has 0 radical (unpaired) electrons. The fourth-order valence-corrected chi connectivity index (χ4v) is 1.10. The summed E-state index contributed by atoms with van der Waals surface area (Å²) in [5.74, 6) is -0.213. The molecule has 12 heavy (non-hydrogen) atoms. The van der Waals surface area contributed by atoms with Gasteiger partial charge in [0.05, 0.1) is 13.2 Å². The molecular weight excluding hydrogens is 223 g/mol. The molecule has 66 valence electrons. The van der Waals surface area contributed by atoms with Crippen molar-refractivity contribution in [3.63, 3.8) is 0 Å².